The normalized spacial score (nSPS) is 21.2. The van der Waals surface area contributed by atoms with E-state index in [9.17, 15) is 9.59 Å². The molecule has 38 heavy (non-hydrogen) atoms. The van der Waals surface area contributed by atoms with Crippen molar-refractivity contribution in [3.63, 3.8) is 0 Å². The fourth-order valence-corrected chi connectivity index (χ4v) is 7.94. The smallest absolute Gasteiger partial charge is 0.258 e. The number of benzene rings is 2. The number of hydrogen-bond acceptors (Lipinski definition) is 5. The van der Waals surface area contributed by atoms with Crippen LogP contribution >= 0.6 is 27.7 Å². The molecule has 7 heteroatoms. The molecule has 0 radical (unpaired) electrons. The van der Waals surface area contributed by atoms with Crippen LogP contribution in [0.2, 0.25) is 0 Å². The highest BCUT2D eigenvalue weighted by Gasteiger charge is 2.45. The molecule has 2 heterocycles. The van der Waals surface area contributed by atoms with Crippen molar-refractivity contribution in [1.29, 1.82) is 0 Å². The lowest BCUT2D eigenvalue weighted by molar-refractivity contribution is -0.0710. The summed E-state index contributed by atoms with van der Waals surface area (Å²) in [7, 11) is 0. The molecule has 1 aromatic heterocycles. The standard InChI is InChI=1S/C31H33BrN2O3S/c1-30(2)18-23(13-16-37-30)34-28(36)26-27(24-8-4-3-7-21(24)17-31(26)14-5-6-15-31)33-29(34)38-19-25(35)20-9-11-22(32)12-10-20/h3-4,7-12,23H,5-6,13-19H2,1-2H3/t23-/m1/s1. The SMILES string of the molecule is CC1(C)C[C@H](n2c(SCC(=O)c3ccc(Br)cc3)nc3c(c2=O)C2(CCCC2)Cc2ccccc2-3)CCO1. The highest BCUT2D eigenvalue weighted by Crippen LogP contribution is 2.50. The summed E-state index contributed by atoms with van der Waals surface area (Å²) in [6, 6.07) is 15.8. The minimum Gasteiger partial charge on any atom is -0.375 e. The molecule has 5 nitrogen and oxygen atoms in total. The van der Waals surface area contributed by atoms with Crippen LogP contribution in [0.4, 0.5) is 0 Å². The summed E-state index contributed by atoms with van der Waals surface area (Å²) in [5, 5.41) is 0.645. The van der Waals surface area contributed by atoms with Gasteiger partial charge in [0, 0.05) is 33.7 Å². The van der Waals surface area contributed by atoms with Crippen LogP contribution in [0.25, 0.3) is 11.3 Å². The Morgan fingerprint density at radius 3 is 2.61 bits per heavy atom. The molecule has 198 valence electrons. The number of Topliss-reactive ketones (excluding diaryl/α,β-unsaturated/α-hetero) is 1. The number of carbonyl (C=O) groups excluding carboxylic acids is 1. The third kappa shape index (κ3) is 4.71. The van der Waals surface area contributed by atoms with Crippen molar-refractivity contribution >= 4 is 33.5 Å². The number of carbonyl (C=O) groups is 1. The molecule has 2 fully saturated rings. The number of ether oxygens (including phenoxy) is 1. The molecule has 0 N–H and O–H groups in total. The minimum atomic E-state index is -0.314. The molecule has 0 amide bonds. The van der Waals surface area contributed by atoms with Crippen LogP contribution in [0.1, 0.15) is 79.9 Å². The number of thioether (sulfide) groups is 1. The monoisotopic (exact) mass is 592 g/mol. The Balaban J connectivity index is 1.48. The Bertz CT molecular complexity index is 1440. The molecule has 3 aromatic rings. The topological polar surface area (TPSA) is 61.2 Å². The van der Waals surface area contributed by atoms with Crippen molar-refractivity contribution in [1.82, 2.24) is 9.55 Å². The van der Waals surface area contributed by atoms with E-state index in [1.807, 2.05) is 34.9 Å². The lowest BCUT2D eigenvalue weighted by atomic mass is 9.68. The van der Waals surface area contributed by atoms with Gasteiger partial charge in [0.05, 0.1) is 22.6 Å². The molecule has 1 saturated carbocycles. The summed E-state index contributed by atoms with van der Waals surface area (Å²) in [5.74, 6) is 0.257. The largest absolute Gasteiger partial charge is 0.375 e. The van der Waals surface area contributed by atoms with E-state index in [4.69, 9.17) is 9.72 Å². The van der Waals surface area contributed by atoms with Gasteiger partial charge in [-0.2, -0.15) is 0 Å². The van der Waals surface area contributed by atoms with Crippen molar-refractivity contribution in [3.05, 3.63) is 80.0 Å². The molecule has 1 aliphatic heterocycles. The van der Waals surface area contributed by atoms with Gasteiger partial charge in [0.15, 0.2) is 10.9 Å². The number of fused-ring (bicyclic) bond motifs is 4. The fourth-order valence-electron chi connectivity index (χ4n) is 6.72. The van der Waals surface area contributed by atoms with Gasteiger partial charge in [-0.1, -0.05) is 76.9 Å². The second-order valence-electron chi connectivity index (χ2n) is 11.6. The van der Waals surface area contributed by atoms with Gasteiger partial charge in [-0.05, 0) is 63.6 Å². The van der Waals surface area contributed by atoms with Crippen molar-refractivity contribution in [3.8, 4) is 11.3 Å². The van der Waals surface area contributed by atoms with E-state index in [0.717, 1.165) is 66.2 Å². The zero-order chi connectivity index (χ0) is 26.5. The Kier molecular flexibility index (Phi) is 6.90. The number of halogens is 1. The van der Waals surface area contributed by atoms with E-state index < -0.39 is 0 Å². The number of aromatic nitrogens is 2. The minimum absolute atomic E-state index is 0.00930. The van der Waals surface area contributed by atoms with Crippen LogP contribution in [-0.2, 0) is 16.6 Å². The van der Waals surface area contributed by atoms with Crippen molar-refractivity contribution in [2.24, 2.45) is 0 Å². The van der Waals surface area contributed by atoms with Crippen LogP contribution in [0, 0.1) is 0 Å². The van der Waals surface area contributed by atoms with E-state index >= 15 is 0 Å². The van der Waals surface area contributed by atoms with Crippen LogP contribution in [-0.4, -0.2) is 33.3 Å². The van der Waals surface area contributed by atoms with Crippen LogP contribution in [0.15, 0.2) is 63.0 Å². The van der Waals surface area contributed by atoms with Gasteiger partial charge in [0.1, 0.15) is 0 Å². The molecule has 0 unspecified atom stereocenters. The highest BCUT2D eigenvalue weighted by atomic mass is 79.9. The maximum Gasteiger partial charge on any atom is 0.258 e. The molecule has 2 aromatic carbocycles. The molecular weight excluding hydrogens is 560 g/mol. The first-order valence-electron chi connectivity index (χ1n) is 13.6. The number of rotatable bonds is 5. The van der Waals surface area contributed by atoms with E-state index in [-0.39, 0.29) is 34.2 Å². The van der Waals surface area contributed by atoms with Crippen molar-refractivity contribution in [2.45, 2.75) is 81.0 Å². The lowest BCUT2D eigenvalue weighted by Crippen LogP contribution is -2.44. The Morgan fingerprint density at radius 1 is 1.13 bits per heavy atom. The highest BCUT2D eigenvalue weighted by molar-refractivity contribution is 9.10. The van der Waals surface area contributed by atoms with Gasteiger partial charge in [-0.3, -0.25) is 14.2 Å². The average Bonchev–Trinajstić information content (AvgIpc) is 3.35. The second kappa shape index (κ2) is 10.1. The van der Waals surface area contributed by atoms with Crippen LogP contribution in [0.3, 0.4) is 0 Å². The van der Waals surface area contributed by atoms with Gasteiger partial charge in [-0.25, -0.2) is 4.98 Å². The lowest BCUT2D eigenvalue weighted by Gasteiger charge is -2.40. The maximum atomic E-state index is 14.6. The second-order valence-corrected chi connectivity index (χ2v) is 13.4. The van der Waals surface area contributed by atoms with Gasteiger partial charge < -0.3 is 4.74 Å². The van der Waals surface area contributed by atoms with Gasteiger partial charge in [-0.15, -0.1) is 0 Å². The van der Waals surface area contributed by atoms with E-state index in [0.29, 0.717) is 17.3 Å². The Morgan fingerprint density at radius 2 is 1.87 bits per heavy atom. The number of hydrogen-bond donors (Lipinski definition) is 0. The van der Waals surface area contributed by atoms with Gasteiger partial charge >= 0.3 is 0 Å². The maximum absolute atomic E-state index is 14.6. The van der Waals surface area contributed by atoms with Gasteiger partial charge in [0.2, 0.25) is 0 Å². The Hall–Kier alpha value is -2.22. The summed E-state index contributed by atoms with van der Waals surface area (Å²) in [6.45, 7) is 4.79. The first-order valence-corrected chi connectivity index (χ1v) is 15.4. The number of nitrogens with zero attached hydrogens (tertiary/aromatic N) is 2. The molecule has 6 rings (SSSR count). The van der Waals surface area contributed by atoms with Gasteiger partial charge in [0.25, 0.3) is 5.56 Å². The molecule has 1 saturated heterocycles. The number of ketones is 1. The molecule has 0 bridgehead atoms. The van der Waals surface area contributed by atoms with Crippen LogP contribution in [0.5, 0.6) is 0 Å². The quantitative estimate of drug-likeness (QED) is 0.179. The predicted octanol–water partition coefficient (Wildman–Crippen LogP) is 7.15. The van der Waals surface area contributed by atoms with E-state index in [1.165, 1.54) is 17.3 Å². The van der Waals surface area contributed by atoms with Crippen molar-refractivity contribution < 1.29 is 9.53 Å². The summed E-state index contributed by atoms with van der Waals surface area (Å²) in [5.41, 5.74) is 4.38. The summed E-state index contributed by atoms with van der Waals surface area (Å²) >= 11 is 4.83. The summed E-state index contributed by atoms with van der Waals surface area (Å²) in [4.78, 5) is 33.0. The molecule has 1 spiro atoms. The summed E-state index contributed by atoms with van der Waals surface area (Å²) in [6.07, 6.45) is 6.75. The average molecular weight is 594 g/mol. The van der Waals surface area contributed by atoms with Crippen molar-refractivity contribution in [2.75, 3.05) is 12.4 Å². The van der Waals surface area contributed by atoms with E-state index in [1.54, 1.807) is 0 Å². The Labute approximate surface area is 236 Å². The zero-order valence-corrected chi connectivity index (χ0v) is 24.4. The van der Waals surface area contributed by atoms with E-state index in [2.05, 4.69) is 48.0 Å². The third-order valence-corrected chi connectivity index (χ3v) is 9.99. The summed E-state index contributed by atoms with van der Waals surface area (Å²) < 4.78 is 8.89. The molecule has 3 aliphatic rings. The predicted molar refractivity (Wildman–Crippen MR) is 155 cm³/mol. The fraction of sp³-hybridized carbons (Fsp3) is 0.452. The van der Waals surface area contributed by atoms with Crippen LogP contribution < -0.4 is 5.56 Å². The zero-order valence-electron chi connectivity index (χ0n) is 22.0. The molecule has 1 atom stereocenters. The molecule has 2 aliphatic carbocycles. The first kappa shape index (κ1) is 26.0. The first-order chi connectivity index (χ1) is 18.3. The third-order valence-electron chi connectivity index (χ3n) is 8.51. The molecular formula is C31H33BrN2O3S.